The minimum absolute atomic E-state index is 0.149. The Labute approximate surface area is 142 Å². The van der Waals surface area contributed by atoms with Crippen LogP contribution in [-0.4, -0.2) is 33.4 Å². The lowest BCUT2D eigenvalue weighted by atomic mass is 9.87. The number of hydrogen-bond acceptors (Lipinski definition) is 4. The quantitative estimate of drug-likeness (QED) is 0.934. The third kappa shape index (κ3) is 2.98. The lowest BCUT2D eigenvalue weighted by Gasteiger charge is -2.44. The van der Waals surface area contributed by atoms with E-state index >= 15 is 0 Å². The second-order valence-electron chi connectivity index (χ2n) is 6.68. The molecule has 1 saturated carbocycles. The highest BCUT2D eigenvalue weighted by atomic mass is 16.2. The molecule has 1 aliphatic carbocycles. The zero-order valence-electron chi connectivity index (χ0n) is 13.7. The molecular weight excluding hydrogens is 300 g/mol. The van der Waals surface area contributed by atoms with Crippen LogP contribution in [0.5, 0.6) is 0 Å². The van der Waals surface area contributed by atoms with E-state index in [2.05, 4.69) is 20.2 Å². The number of anilines is 2. The van der Waals surface area contributed by atoms with Gasteiger partial charge >= 0.3 is 0 Å². The topological polar surface area (TPSA) is 58.1 Å². The molecule has 2 aromatic rings. The predicted molar refractivity (Wildman–Crippen MR) is 93.2 cm³/mol. The summed E-state index contributed by atoms with van der Waals surface area (Å²) in [6.07, 6.45) is 9.74. The van der Waals surface area contributed by atoms with Gasteiger partial charge in [-0.2, -0.15) is 0 Å². The molecule has 2 heterocycles. The Morgan fingerprint density at radius 1 is 1.08 bits per heavy atom. The number of nitrogens with one attached hydrogen (secondary N) is 1. The maximum Gasteiger partial charge on any atom is 0.254 e. The minimum Gasteiger partial charge on any atom is -0.335 e. The highest BCUT2D eigenvalue weighted by molar-refractivity contribution is 5.96. The molecule has 1 atom stereocenters. The average Bonchev–Trinajstić information content (AvgIpc) is 3.09. The van der Waals surface area contributed by atoms with Gasteiger partial charge in [0.25, 0.3) is 5.91 Å². The summed E-state index contributed by atoms with van der Waals surface area (Å²) in [6, 6.07) is 9.85. The molecule has 5 heteroatoms. The summed E-state index contributed by atoms with van der Waals surface area (Å²) >= 11 is 0. The van der Waals surface area contributed by atoms with Crippen LogP contribution in [0.2, 0.25) is 0 Å². The van der Waals surface area contributed by atoms with Gasteiger partial charge in [-0.05, 0) is 49.4 Å². The zero-order chi connectivity index (χ0) is 16.4. The number of benzene rings is 1. The van der Waals surface area contributed by atoms with E-state index in [9.17, 15) is 4.79 Å². The van der Waals surface area contributed by atoms with Gasteiger partial charge in [-0.3, -0.25) is 4.79 Å². The van der Waals surface area contributed by atoms with Crippen LogP contribution in [0.25, 0.3) is 0 Å². The van der Waals surface area contributed by atoms with Crippen LogP contribution in [0, 0.1) is 5.92 Å². The van der Waals surface area contributed by atoms with E-state index in [4.69, 9.17) is 0 Å². The van der Waals surface area contributed by atoms with Crippen LogP contribution in [0.15, 0.2) is 42.7 Å². The van der Waals surface area contributed by atoms with Crippen molar-refractivity contribution in [2.24, 2.45) is 5.92 Å². The molecule has 124 valence electrons. The van der Waals surface area contributed by atoms with Gasteiger partial charge in [-0.15, -0.1) is 0 Å². The Kier molecular flexibility index (Phi) is 4.15. The largest absolute Gasteiger partial charge is 0.335 e. The highest BCUT2D eigenvalue weighted by Gasteiger charge is 2.39. The molecule has 5 nitrogen and oxygen atoms in total. The first-order valence-corrected chi connectivity index (χ1v) is 8.76. The number of likely N-dealkylation sites (tertiary alicyclic amines) is 1. The van der Waals surface area contributed by atoms with E-state index in [1.54, 1.807) is 18.5 Å². The van der Waals surface area contributed by atoms with E-state index < -0.39 is 0 Å². The van der Waals surface area contributed by atoms with Crippen LogP contribution >= 0.6 is 0 Å². The Morgan fingerprint density at radius 3 is 2.58 bits per heavy atom. The van der Waals surface area contributed by atoms with Gasteiger partial charge in [0.1, 0.15) is 0 Å². The second kappa shape index (κ2) is 6.59. The van der Waals surface area contributed by atoms with Crippen LogP contribution in [0.4, 0.5) is 11.6 Å². The Morgan fingerprint density at radius 2 is 1.88 bits per heavy atom. The Balaban J connectivity index is 1.47. The molecule has 4 rings (SSSR count). The summed E-state index contributed by atoms with van der Waals surface area (Å²) in [5.74, 6) is 1.40. The lowest BCUT2D eigenvalue weighted by molar-refractivity contribution is 0.0308. The smallest absolute Gasteiger partial charge is 0.254 e. The molecule has 2 aliphatic rings. The molecule has 1 amide bonds. The Hall–Kier alpha value is -2.43. The Bertz CT molecular complexity index is 712. The monoisotopic (exact) mass is 322 g/mol. The molecule has 0 bridgehead atoms. The molecule has 1 N–H and O–H groups in total. The van der Waals surface area contributed by atoms with Gasteiger partial charge in [0.05, 0.1) is 0 Å². The van der Waals surface area contributed by atoms with Gasteiger partial charge in [0, 0.05) is 36.2 Å². The number of nitrogens with zero attached hydrogens (tertiary/aromatic N) is 3. The van der Waals surface area contributed by atoms with Crippen LogP contribution < -0.4 is 5.32 Å². The van der Waals surface area contributed by atoms with Crippen molar-refractivity contribution >= 4 is 17.5 Å². The van der Waals surface area contributed by atoms with E-state index in [1.165, 1.54) is 25.7 Å². The number of hydrogen-bond donors (Lipinski definition) is 1. The van der Waals surface area contributed by atoms with Crippen molar-refractivity contribution in [1.82, 2.24) is 14.9 Å². The molecule has 1 unspecified atom stereocenters. The van der Waals surface area contributed by atoms with Crippen molar-refractivity contribution in [3.05, 3.63) is 48.3 Å². The zero-order valence-corrected chi connectivity index (χ0v) is 13.7. The number of carbonyl (C=O) groups excluding carboxylic acids is 1. The first-order valence-electron chi connectivity index (χ1n) is 8.76. The number of aromatic nitrogens is 2. The summed E-state index contributed by atoms with van der Waals surface area (Å²) in [7, 11) is 0. The molecular formula is C19H22N4O. The summed E-state index contributed by atoms with van der Waals surface area (Å²) in [5.41, 5.74) is 1.57. The van der Waals surface area contributed by atoms with Crippen molar-refractivity contribution in [1.29, 1.82) is 0 Å². The van der Waals surface area contributed by atoms with E-state index in [0.717, 1.165) is 24.2 Å². The standard InChI is InChI=1S/C19H22N4O/c24-18(23-12-9-17(23)14-5-1-2-6-14)15-7-3-8-16(13-15)22-19-20-10-4-11-21-19/h3-4,7-8,10-11,13-14,17H,1-2,5-6,9,12H2,(H,20,21,22). The fraction of sp³-hybridized carbons (Fsp3) is 0.421. The van der Waals surface area contributed by atoms with Crippen molar-refractivity contribution < 1.29 is 4.79 Å². The summed E-state index contributed by atoms with van der Waals surface area (Å²) < 4.78 is 0. The summed E-state index contributed by atoms with van der Waals surface area (Å²) in [4.78, 5) is 23.2. The van der Waals surface area contributed by atoms with Gasteiger partial charge in [0.2, 0.25) is 5.95 Å². The number of amides is 1. The van der Waals surface area contributed by atoms with Crippen molar-refractivity contribution in [3.8, 4) is 0 Å². The summed E-state index contributed by atoms with van der Waals surface area (Å²) in [6.45, 7) is 0.888. The van der Waals surface area contributed by atoms with Crippen molar-refractivity contribution in [2.45, 2.75) is 38.1 Å². The average molecular weight is 322 g/mol. The third-order valence-electron chi connectivity index (χ3n) is 5.20. The lowest BCUT2D eigenvalue weighted by Crippen LogP contribution is -2.54. The maximum absolute atomic E-state index is 12.9. The molecule has 1 aromatic heterocycles. The molecule has 2 fully saturated rings. The minimum atomic E-state index is 0.149. The van der Waals surface area contributed by atoms with E-state index in [0.29, 0.717) is 17.9 Å². The van der Waals surface area contributed by atoms with Crippen molar-refractivity contribution in [3.63, 3.8) is 0 Å². The number of carbonyl (C=O) groups is 1. The second-order valence-corrected chi connectivity index (χ2v) is 6.68. The SMILES string of the molecule is O=C(c1cccc(Nc2ncccn2)c1)N1CCC1C1CCCC1. The fourth-order valence-electron chi connectivity index (χ4n) is 3.88. The molecule has 0 spiro atoms. The normalized spacial score (nSPS) is 20.7. The van der Waals surface area contributed by atoms with E-state index in [1.807, 2.05) is 24.3 Å². The summed E-state index contributed by atoms with van der Waals surface area (Å²) in [5, 5.41) is 3.15. The molecule has 1 aliphatic heterocycles. The highest BCUT2D eigenvalue weighted by Crippen LogP contribution is 2.37. The van der Waals surface area contributed by atoms with E-state index in [-0.39, 0.29) is 5.91 Å². The third-order valence-corrected chi connectivity index (χ3v) is 5.20. The van der Waals surface area contributed by atoms with Crippen molar-refractivity contribution in [2.75, 3.05) is 11.9 Å². The molecule has 1 saturated heterocycles. The van der Waals surface area contributed by atoms with Crippen LogP contribution in [0.1, 0.15) is 42.5 Å². The first kappa shape index (κ1) is 15.1. The van der Waals surface area contributed by atoms with Gasteiger partial charge in [-0.25, -0.2) is 9.97 Å². The van der Waals surface area contributed by atoms with Crippen LogP contribution in [-0.2, 0) is 0 Å². The van der Waals surface area contributed by atoms with Gasteiger partial charge < -0.3 is 10.2 Å². The maximum atomic E-state index is 12.9. The fourth-order valence-corrected chi connectivity index (χ4v) is 3.88. The molecule has 24 heavy (non-hydrogen) atoms. The predicted octanol–water partition coefficient (Wildman–Crippen LogP) is 3.62. The first-order chi connectivity index (χ1) is 11.8. The number of rotatable bonds is 4. The molecule has 1 aromatic carbocycles. The van der Waals surface area contributed by atoms with Crippen LogP contribution in [0.3, 0.4) is 0 Å². The van der Waals surface area contributed by atoms with Gasteiger partial charge in [0.15, 0.2) is 0 Å². The molecule has 0 radical (unpaired) electrons. The van der Waals surface area contributed by atoms with Gasteiger partial charge in [-0.1, -0.05) is 18.9 Å².